The normalized spacial score (nSPS) is 13.2. The Labute approximate surface area is 223 Å². The Balaban J connectivity index is 1.36. The summed E-state index contributed by atoms with van der Waals surface area (Å²) >= 11 is 14.0. The molecule has 0 aliphatic heterocycles. The van der Waals surface area contributed by atoms with Gasteiger partial charge in [0, 0.05) is 5.56 Å². The van der Waals surface area contributed by atoms with Crippen LogP contribution in [-0.4, -0.2) is 55.8 Å². The van der Waals surface area contributed by atoms with Crippen molar-refractivity contribution in [3.63, 3.8) is 0 Å². The second-order valence-corrected chi connectivity index (χ2v) is 10.5. The maximum atomic E-state index is 12.6. The van der Waals surface area contributed by atoms with Crippen molar-refractivity contribution in [2.45, 2.75) is 43.4 Å². The largest absolute Gasteiger partial charge is 0.394 e. The van der Waals surface area contributed by atoms with Crippen LogP contribution in [0.25, 0.3) is 5.69 Å². The molecule has 1 aromatic heterocycles. The molecule has 2 aromatic carbocycles. The van der Waals surface area contributed by atoms with Crippen molar-refractivity contribution in [1.29, 1.82) is 0 Å². The zero-order chi connectivity index (χ0) is 25.7. The maximum absolute atomic E-state index is 12.6. The number of nitrogens with one attached hydrogen (secondary N) is 1. The number of amides is 1. The van der Waals surface area contributed by atoms with Crippen molar-refractivity contribution in [3.8, 4) is 17.5 Å². The van der Waals surface area contributed by atoms with Crippen molar-refractivity contribution in [3.05, 3.63) is 57.6 Å². The van der Waals surface area contributed by atoms with Gasteiger partial charge >= 0.3 is 0 Å². The molecule has 8 nitrogen and oxygen atoms in total. The fourth-order valence-corrected chi connectivity index (χ4v) is 4.54. The van der Waals surface area contributed by atoms with E-state index in [0.29, 0.717) is 38.1 Å². The lowest BCUT2D eigenvalue weighted by Crippen LogP contribution is -2.23. The van der Waals surface area contributed by atoms with Crippen molar-refractivity contribution in [2.24, 2.45) is 0 Å². The minimum Gasteiger partial charge on any atom is -0.394 e. The molecule has 36 heavy (non-hydrogen) atoms. The standard InChI is InChI=1S/C25H25Cl2N5O3S/c1-25(2,35-12-11-33)10-9-16-3-7-21(19(26)13-16)28-23(34)15-36-24-29-30-31-32(24)22-8-6-18(14-20(22)27)17-4-5-17/h3,6-8,13-14,17,33H,4-5,11-12,15H2,1-2H3,(H,28,34). The van der Waals surface area contributed by atoms with Gasteiger partial charge in [0.25, 0.3) is 0 Å². The summed E-state index contributed by atoms with van der Waals surface area (Å²) < 4.78 is 7.02. The third kappa shape index (κ3) is 6.99. The first-order valence-corrected chi connectivity index (χ1v) is 13.1. The number of hydrogen-bond acceptors (Lipinski definition) is 7. The van der Waals surface area contributed by atoms with Crippen LogP contribution in [0, 0.1) is 11.8 Å². The van der Waals surface area contributed by atoms with Crippen molar-refractivity contribution in [1.82, 2.24) is 20.2 Å². The Morgan fingerprint density at radius 3 is 2.75 bits per heavy atom. The number of carbonyl (C=O) groups excluding carboxylic acids is 1. The zero-order valence-electron chi connectivity index (χ0n) is 19.8. The smallest absolute Gasteiger partial charge is 0.234 e. The molecule has 0 bridgehead atoms. The third-order valence-electron chi connectivity index (χ3n) is 5.33. The van der Waals surface area contributed by atoms with E-state index in [1.54, 1.807) is 18.2 Å². The summed E-state index contributed by atoms with van der Waals surface area (Å²) in [6.07, 6.45) is 2.38. The van der Waals surface area contributed by atoms with Crippen molar-refractivity contribution >= 4 is 46.6 Å². The molecule has 1 aliphatic rings. The van der Waals surface area contributed by atoms with Crippen molar-refractivity contribution < 1.29 is 14.6 Å². The number of aliphatic hydroxyl groups is 1. The summed E-state index contributed by atoms with van der Waals surface area (Å²) in [6.45, 7) is 3.77. The van der Waals surface area contributed by atoms with Crippen LogP contribution in [-0.2, 0) is 9.53 Å². The molecule has 4 rings (SSSR count). The van der Waals surface area contributed by atoms with Gasteiger partial charge in [-0.3, -0.25) is 4.79 Å². The highest BCUT2D eigenvalue weighted by Crippen LogP contribution is 2.41. The van der Waals surface area contributed by atoms with Gasteiger partial charge in [-0.2, -0.15) is 4.68 Å². The van der Waals surface area contributed by atoms with Gasteiger partial charge in [-0.05, 0) is 78.9 Å². The van der Waals surface area contributed by atoms with Gasteiger partial charge in [0.05, 0.1) is 40.4 Å². The lowest BCUT2D eigenvalue weighted by molar-refractivity contribution is -0.113. The topological polar surface area (TPSA) is 102 Å². The van der Waals surface area contributed by atoms with Crippen LogP contribution >= 0.6 is 35.0 Å². The number of thioether (sulfide) groups is 1. The molecule has 188 valence electrons. The predicted molar refractivity (Wildman–Crippen MR) is 141 cm³/mol. The highest BCUT2D eigenvalue weighted by Gasteiger charge is 2.24. The van der Waals surface area contributed by atoms with E-state index in [1.165, 1.54) is 34.8 Å². The quantitative estimate of drug-likeness (QED) is 0.296. The molecular formula is C25H25Cl2N5O3S. The summed E-state index contributed by atoms with van der Waals surface area (Å²) in [5, 5.41) is 24.9. The molecule has 0 spiro atoms. The van der Waals surface area contributed by atoms with E-state index in [9.17, 15) is 4.79 Å². The Hall–Kier alpha value is -2.61. The van der Waals surface area contributed by atoms with Crippen LogP contribution < -0.4 is 5.32 Å². The molecule has 1 heterocycles. The number of rotatable bonds is 9. The summed E-state index contributed by atoms with van der Waals surface area (Å²) in [4.78, 5) is 12.6. The summed E-state index contributed by atoms with van der Waals surface area (Å²) in [7, 11) is 0. The van der Waals surface area contributed by atoms with Crippen LogP contribution in [0.2, 0.25) is 10.0 Å². The van der Waals surface area contributed by atoms with Crippen LogP contribution in [0.1, 0.15) is 43.7 Å². The minimum atomic E-state index is -0.710. The number of hydrogen-bond donors (Lipinski definition) is 2. The van der Waals surface area contributed by atoms with Crippen LogP contribution in [0.3, 0.4) is 0 Å². The number of halogens is 2. The summed E-state index contributed by atoms with van der Waals surface area (Å²) in [6, 6.07) is 11.0. The fraction of sp³-hybridized carbons (Fsp3) is 0.360. The Kier molecular flexibility index (Phi) is 8.54. The molecule has 0 saturated heterocycles. The first-order valence-electron chi connectivity index (χ1n) is 11.3. The molecule has 1 fully saturated rings. The highest BCUT2D eigenvalue weighted by molar-refractivity contribution is 7.99. The Morgan fingerprint density at radius 1 is 1.25 bits per heavy atom. The number of carbonyl (C=O) groups is 1. The third-order valence-corrected chi connectivity index (χ3v) is 6.86. The van der Waals surface area contributed by atoms with Gasteiger partial charge in [-0.15, -0.1) is 5.10 Å². The first kappa shape index (κ1) is 26.5. The Bertz CT molecular complexity index is 1310. The van der Waals surface area contributed by atoms with Gasteiger partial charge in [0.1, 0.15) is 5.60 Å². The molecule has 1 saturated carbocycles. The molecular weight excluding hydrogens is 521 g/mol. The number of nitrogens with zero attached hydrogens (tertiary/aromatic N) is 4. The number of benzene rings is 2. The van der Waals surface area contributed by atoms with E-state index < -0.39 is 5.60 Å². The number of aliphatic hydroxyl groups excluding tert-OH is 1. The second-order valence-electron chi connectivity index (χ2n) is 8.72. The van der Waals surface area contributed by atoms with E-state index in [0.717, 1.165) is 0 Å². The first-order chi connectivity index (χ1) is 17.3. The molecule has 0 unspecified atom stereocenters. The minimum absolute atomic E-state index is 0.0697. The SMILES string of the molecule is CC(C)(C#Cc1ccc(NC(=O)CSc2nnnn2-c2ccc(C3CC3)cc2Cl)c(Cl)c1)OCCO. The molecule has 0 radical (unpaired) electrons. The molecule has 1 aliphatic carbocycles. The van der Waals surface area contributed by atoms with Crippen LogP contribution in [0.5, 0.6) is 0 Å². The molecule has 0 atom stereocenters. The lowest BCUT2D eigenvalue weighted by atomic mass is 10.1. The molecule has 2 N–H and O–H groups in total. The number of ether oxygens (including phenoxy) is 1. The predicted octanol–water partition coefficient (Wildman–Crippen LogP) is 4.72. The number of aromatic nitrogens is 4. The average molecular weight is 546 g/mol. The van der Waals surface area contributed by atoms with Gasteiger partial charge in [0.2, 0.25) is 11.1 Å². The summed E-state index contributed by atoms with van der Waals surface area (Å²) in [5.74, 6) is 6.42. The van der Waals surface area contributed by atoms with E-state index in [-0.39, 0.29) is 24.9 Å². The van der Waals surface area contributed by atoms with E-state index >= 15 is 0 Å². The maximum Gasteiger partial charge on any atom is 0.234 e. The molecule has 1 amide bonds. The molecule has 11 heteroatoms. The van der Waals surface area contributed by atoms with Gasteiger partial charge in [-0.25, -0.2) is 0 Å². The fourth-order valence-electron chi connectivity index (χ4n) is 3.36. The monoisotopic (exact) mass is 545 g/mol. The van der Waals surface area contributed by atoms with E-state index in [1.807, 2.05) is 32.0 Å². The van der Waals surface area contributed by atoms with E-state index in [4.69, 9.17) is 33.0 Å². The van der Waals surface area contributed by atoms with Gasteiger partial charge in [0.15, 0.2) is 0 Å². The highest BCUT2D eigenvalue weighted by atomic mass is 35.5. The number of anilines is 1. The molecule has 3 aromatic rings. The second kappa shape index (κ2) is 11.6. The zero-order valence-corrected chi connectivity index (χ0v) is 22.1. The Morgan fingerprint density at radius 2 is 2.06 bits per heavy atom. The number of tetrazole rings is 1. The lowest BCUT2D eigenvalue weighted by Gasteiger charge is -2.17. The average Bonchev–Trinajstić information content (AvgIpc) is 3.60. The van der Waals surface area contributed by atoms with Gasteiger partial charge < -0.3 is 15.2 Å². The van der Waals surface area contributed by atoms with Gasteiger partial charge in [-0.1, -0.05) is 52.9 Å². The van der Waals surface area contributed by atoms with Crippen LogP contribution in [0.15, 0.2) is 41.6 Å². The van der Waals surface area contributed by atoms with Crippen LogP contribution in [0.4, 0.5) is 5.69 Å². The summed E-state index contributed by atoms with van der Waals surface area (Å²) in [5.41, 5.74) is 2.33. The van der Waals surface area contributed by atoms with Crippen molar-refractivity contribution in [2.75, 3.05) is 24.3 Å². The van der Waals surface area contributed by atoms with E-state index in [2.05, 4.69) is 32.7 Å².